The molecule has 2 aromatic carbocycles. The number of carbonyl (C=O) groups is 1. The lowest BCUT2D eigenvalue weighted by atomic mass is 10.1. The summed E-state index contributed by atoms with van der Waals surface area (Å²) >= 11 is 0. The summed E-state index contributed by atoms with van der Waals surface area (Å²) in [6.07, 6.45) is -4.92. The summed E-state index contributed by atoms with van der Waals surface area (Å²) in [5.74, 6) is -2.42. The molecule has 33 heavy (non-hydrogen) atoms. The van der Waals surface area contributed by atoms with E-state index in [1.54, 1.807) is 0 Å². The van der Waals surface area contributed by atoms with E-state index >= 15 is 0 Å². The van der Waals surface area contributed by atoms with Crippen LogP contribution in [0.2, 0.25) is 0 Å². The van der Waals surface area contributed by atoms with Crippen LogP contribution < -0.4 is 10.5 Å². The first-order valence-electron chi connectivity index (χ1n) is 9.18. The van der Waals surface area contributed by atoms with E-state index in [0.29, 0.717) is 6.07 Å². The molecule has 1 fully saturated rings. The first-order chi connectivity index (χ1) is 15.3. The molecule has 0 unspecified atom stereocenters. The van der Waals surface area contributed by atoms with Crippen LogP contribution in [0.4, 0.5) is 28.9 Å². The van der Waals surface area contributed by atoms with E-state index in [4.69, 9.17) is 5.73 Å². The van der Waals surface area contributed by atoms with Gasteiger partial charge >= 0.3 is 6.36 Å². The number of hydrogen-bond acceptors (Lipinski definition) is 7. The third-order valence-electron chi connectivity index (χ3n) is 4.77. The van der Waals surface area contributed by atoms with Gasteiger partial charge in [-0.3, -0.25) is 14.9 Å². The number of alkyl halides is 3. The Morgan fingerprint density at radius 3 is 2.18 bits per heavy atom. The number of nitrogen functional groups attached to an aromatic ring is 1. The summed E-state index contributed by atoms with van der Waals surface area (Å²) in [6.45, 7) is -0.605. The molecule has 0 aromatic heterocycles. The molecule has 0 saturated carbocycles. The van der Waals surface area contributed by atoms with Gasteiger partial charge in [0.2, 0.25) is 10.0 Å². The second-order valence-corrected chi connectivity index (χ2v) is 8.80. The SMILES string of the molecule is Nc1c(C(=O)N2CCN(S(=O)(=O)c3ccc(OC(F)(F)F)cc3)CC2)cc(F)cc1[N+](=O)[O-]. The third-order valence-corrected chi connectivity index (χ3v) is 6.68. The molecule has 0 atom stereocenters. The summed E-state index contributed by atoms with van der Waals surface area (Å²) in [5.41, 5.74) is 3.95. The van der Waals surface area contributed by atoms with Gasteiger partial charge in [0.25, 0.3) is 11.6 Å². The number of anilines is 1. The lowest BCUT2D eigenvalue weighted by Gasteiger charge is -2.34. The molecule has 178 valence electrons. The smallest absolute Gasteiger partial charge is 0.406 e. The number of sulfonamides is 1. The fourth-order valence-electron chi connectivity index (χ4n) is 3.20. The number of benzene rings is 2. The van der Waals surface area contributed by atoms with Crippen molar-refractivity contribution in [3.63, 3.8) is 0 Å². The Bertz CT molecular complexity index is 1180. The van der Waals surface area contributed by atoms with Crippen LogP contribution in [0.1, 0.15) is 10.4 Å². The van der Waals surface area contributed by atoms with Crippen LogP contribution >= 0.6 is 0 Å². The van der Waals surface area contributed by atoms with Crippen molar-refractivity contribution in [3.8, 4) is 5.75 Å². The lowest BCUT2D eigenvalue weighted by Crippen LogP contribution is -2.50. The average Bonchev–Trinajstić information content (AvgIpc) is 2.73. The summed E-state index contributed by atoms with van der Waals surface area (Å²) in [7, 11) is -4.08. The highest BCUT2D eigenvalue weighted by molar-refractivity contribution is 7.89. The van der Waals surface area contributed by atoms with Crippen LogP contribution in [-0.4, -0.2) is 61.0 Å². The first-order valence-corrected chi connectivity index (χ1v) is 10.6. The number of nitro benzene ring substituents is 1. The number of rotatable bonds is 5. The van der Waals surface area contributed by atoms with E-state index < -0.39 is 55.7 Å². The van der Waals surface area contributed by atoms with E-state index in [0.717, 1.165) is 34.6 Å². The van der Waals surface area contributed by atoms with E-state index in [1.807, 2.05) is 0 Å². The molecule has 0 aliphatic carbocycles. The lowest BCUT2D eigenvalue weighted by molar-refractivity contribution is -0.384. The highest BCUT2D eigenvalue weighted by atomic mass is 32.2. The Labute approximate surface area is 184 Å². The number of nitro groups is 1. The van der Waals surface area contributed by atoms with E-state index in [-0.39, 0.29) is 31.1 Å². The van der Waals surface area contributed by atoms with Crippen LogP contribution in [-0.2, 0) is 10.0 Å². The van der Waals surface area contributed by atoms with Crippen molar-refractivity contribution >= 4 is 27.3 Å². The van der Waals surface area contributed by atoms with Gasteiger partial charge in [0.1, 0.15) is 17.3 Å². The van der Waals surface area contributed by atoms with Crippen LogP contribution in [0.3, 0.4) is 0 Å². The quantitative estimate of drug-likeness (QED) is 0.293. The van der Waals surface area contributed by atoms with Gasteiger partial charge in [-0.1, -0.05) is 0 Å². The maximum absolute atomic E-state index is 13.7. The second-order valence-electron chi connectivity index (χ2n) is 6.86. The zero-order chi connectivity index (χ0) is 24.6. The predicted octanol–water partition coefficient (Wildman–Crippen LogP) is 2.36. The molecular weight excluding hydrogens is 476 g/mol. The number of halogens is 4. The molecule has 2 N–H and O–H groups in total. The first kappa shape index (κ1) is 24.2. The summed E-state index contributed by atoms with van der Waals surface area (Å²) in [5, 5.41) is 11.0. The zero-order valence-corrected chi connectivity index (χ0v) is 17.4. The molecule has 1 heterocycles. The molecule has 2 aromatic rings. The largest absolute Gasteiger partial charge is 0.573 e. The Morgan fingerprint density at radius 2 is 1.67 bits per heavy atom. The second kappa shape index (κ2) is 8.82. The van der Waals surface area contributed by atoms with Gasteiger partial charge < -0.3 is 15.4 Å². The Balaban J connectivity index is 1.72. The zero-order valence-electron chi connectivity index (χ0n) is 16.6. The average molecular weight is 492 g/mol. The van der Waals surface area contributed by atoms with Crippen LogP contribution in [0.5, 0.6) is 5.75 Å². The van der Waals surface area contributed by atoms with Gasteiger partial charge in [0.15, 0.2) is 0 Å². The number of nitrogens with zero attached hydrogens (tertiary/aromatic N) is 3. The summed E-state index contributed by atoms with van der Waals surface area (Å²) in [6, 6.07) is 4.99. The Hall–Kier alpha value is -3.46. The van der Waals surface area contributed by atoms with Crippen molar-refractivity contribution in [1.82, 2.24) is 9.21 Å². The number of amides is 1. The minimum absolute atomic E-state index is 0.128. The van der Waals surface area contributed by atoms with Crippen molar-refractivity contribution < 1.29 is 40.4 Å². The van der Waals surface area contributed by atoms with E-state index in [1.165, 1.54) is 4.90 Å². The fourth-order valence-corrected chi connectivity index (χ4v) is 4.62. The standard InChI is InChI=1S/C18H16F4N4O6S/c19-11-9-14(16(23)15(10-11)26(28)29)17(27)24-5-7-25(8-6-24)33(30,31)13-3-1-12(2-4-13)32-18(20,21)22/h1-4,9-10H,5-8,23H2. The van der Waals surface area contributed by atoms with Gasteiger partial charge in [-0.05, 0) is 30.3 Å². The van der Waals surface area contributed by atoms with Crippen molar-refractivity contribution in [2.45, 2.75) is 11.3 Å². The summed E-state index contributed by atoms with van der Waals surface area (Å²) < 4.78 is 80.8. The van der Waals surface area contributed by atoms with Crippen LogP contribution in [0, 0.1) is 15.9 Å². The van der Waals surface area contributed by atoms with Crippen molar-refractivity contribution in [3.05, 3.63) is 57.9 Å². The van der Waals surface area contributed by atoms with Gasteiger partial charge in [-0.25, -0.2) is 12.8 Å². The molecule has 1 amide bonds. The van der Waals surface area contributed by atoms with Gasteiger partial charge in [0.05, 0.1) is 21.4 Å². The highest BCUT2D eigenvalue weighted by Gasteiger charge is 2.33. The van der Waals surface area contributed by atoms with Crippen LogP contribution in [0.25, 0.3) is 0 Å². The molecule has 1 aliphatic rings. The number of nitrogens with two attached hydrogens (primary N) is 1. The maximum Gasteiger partial charge on any atom is 0.573 e. The molecular formula is C18H16F4N4O6S. The van der Waals surface area contributed by atoms with Crippen molar-refractivity contribution in [1.29, 1.82) is 0 Å². The summed E-state index contributed by atoms with van der Waals surface area (Å²) in [4.78, 5) is 23.7. The minimum atomic E-state index is -4.92. The predicted molar refractivity (Wildman–Crippen MR) is 105 cm³/mol. The number of carbonyl (C=O) groups excluding carboxylic acids is 1. The fraction of sp³-hybridized carbons (Fsp3) is 0.278. The normalized spacial score (nSPS) is 15.3. The topological polar surface area (TPSA) is 136 Å². The molecule has 0 bridgehead atoms. The number of ether oxygens (including phenoxy) is 1. The van der Waals surface area contributed by atoms with Gasteiger partial charge in [-0.15, -0.1) is 13.2 Å². The van der Waals surface area contributed by atoms with Crippen molar-refractivity contribution in [2.75, 3.05) is 31.9 Å². The minimum Gasteiger partial charge on any atom is -0.406 e. The van der Waals surface area contributed by atoms with Crippen molar-refractivity contribution in [2.24, 2.45) is 0 Å². The number of piperazine rings is 1. The Morgan fingerprint density at radius 1 is 1.09 bits per heavy atom. The molecule has 0 spiro atoms. The molecule has 15 heteroatoms. The molecule has 0 radical (unpaired) electrons. The number of hydrogen-bond donors (Lipinski definition) is 1. The monoisotopic (exact) mass is 492 g/mol. The maximum atomic E-state index is 13.7. The van der Waals surface area contributed by atoms with Gasteiger partial charge in [0, 0.05) is 26.2 Å². The van der Waals surface area contributed by atoms with Crippen LogP contribution in [0.15, 0.2) is 41.3 Å². The Kier molecular flexibility index (Phi) is 6.46. The molecule has 10 nitrogen and oxygen atoms in total. The van der Waals surface area contributed by atoms with E-state index in [9.17, 15) is 40.9 Å². The van der Waals surface area contributed by atoms with E-state index in [2.05, 4.69) is 4.74 Å². The molecule has 1 saturated heterocycles. The third kappa shape index (κ3) is 5.31. The highest BCUT2D eigenvalue weighted by Crippen LogP contribution is 2.29. The molecule has 3 rings (SSSR count). The van der Waals surface area contributed by atoms with Gasteiger partial charge in [-0.2, -0.15) is 4.31 Å². The molecule has 1 aliphatic heterocycles.